The van der Waals surface area contributed by atoms with E-state index in [-0.39, 0.29) is 23.0 Å². The Bertz CT molecular complexity index is 878. The van der Waals surface area contributed by atoms with Gasteiger partial charge in [-0.2, -0.15) is 0 Å². The fourth-order valence-electron chi connectivity index (χ4n) is 3.16. The average molecular weight is 419 g/mol. The topological polar surface area (TPSA) is 96.2 Å². The molecule has 0 unspecified atom stereocenters. The summed E-state index contributed by atoms with van der Waals surface area (Å²) in [4.78, 5) is 0. The molecule has 158 valence electrons. The molecular formula is C22H30O6Si. The Morgan fingerprint density at radius 2 is 1.45 bits per heavy atom. The summed E-state index contributed by atoms with van der Waals surface area (Å²) in [5.74, 6) is 0.252. The minimum absolute atomic E-state index is 0.0168. The molecule has 0 saturated carbocycles. The molecule has 0 atom stereocenters. The van der Waals surface area contributed by atoms with Crippen LogP contribution in [0.1, 0.15) is 61.8 Å². The van der Waals surface area contributed by atoms with Crippen molar-refractivity contribution in [1.29, 1.82) is 0 Å². The molecule has 2 aromatic rings. The maximum Gasteiger partial charge on any atom is 0.778 e. The van der Waals surface area contributed by atoms with Crippen LogP contribution in [0, 0.1) is 13.8 Å². The smallest absolute Gasteiger partial charge is 0.507 e. The monoisotopic (exact) mass is 418 g/mol. The molecule has 0 spiro atoms. The summed E-state index contributed by atoms with van der Waals surface area (Å²) in [7, 11) is -3.10. The molecule has 29 heavy (non-hydrogen) atoms. The van der Waals surface area contributed by atoms with E-state index in [0.29, 0.717) is 40.8 Å². The van der Waals surface area contributed by atoms with Crippen LogP contribution in [0.4, 0.5) is 0 Å². The number of hydrogen-bond donors (Lipinski definition) is 3. The first kappa shape index (κ1) is 22.7. The first-order valence-corrected chi connectivity index (χ1v) is 11.3. The molecule has 0 heterocycles. The molecule has 0 aliphatic heterocycles. The molecule has 2 aromatic carbocycles. The summed E-state index contributed by atoms with van der Waals surface area (Å²) in [6.45, 7) is 7.54. The van der Waals surface area contributed by atoms with Crippen LogP contribution in [0.2, 0.25) is 0 Å². The van der Waals surface area contributed by atoms with Crippen molar-refractivity contribution in [2.75, 3.05) is 0 Å². The van der Waals surface area contributed by atoms with Crippen molar-refractivity contribution in [2.45, 2.75) is 66.2 Å². The molecule has 2 rings (SSSR count). The third-order valence-corrected chi connectivity index (χ3v) is 5.66. The van der Waals surface area contributed by atoms with E-state index < -0.39 is 9.17 Å². The van der Waals surface area contributed by atoms with Crippen molar-refractivity contribution in [3.63, 3.8) is 0 Å². The normalized spacial score (nSPS) is 10.8. The lowest BCUT2D eigenvalue weighted by Gasteiger charge is -2.16. The molecule has 0 saturated heterocycles. The average Bonchev–Trinajstić information content (AvgIpc) is 2.68. The Morgan fingerprint density at radius 1 is 0.862 bits per heavy atom. The van der Waals surface area contributed by atoms with Crippen LogP contribution < -0.4 is 8.85 Å². The maximum absolute atomic E-state index is 12.6. The largest absolute Gasteiger partial charge is 0.778 e. The summed E-state index contributed by atoms with van der Waals surface area (Å²) < 4.78 is 23.7. The Kier molecular flexibility index (Phi) is 8.07. The summed E-state index contributed by atoms with van der Waals surface area (Å²) in [5, 5.41) is 31.1. The maximum atomic E-state index is 12.6. The van der Waals surface area contributed by atoms with E-state index in [1.165, 1.54) is 6.07 Å². The first-order chi connectivity index (χ1) is 13.8. The minimum Gasteiger partial charge on any atom is -0.507 e. The summed E-state index contributed by atoms with van der Waals surface area (Å²) in [6.07, 6.45) is 4.53. The first-order valence-electron chi connectivity index (χ1n) is 10.1. The van der Waals surface area contributed by atoms with Gasteiger partial charge in [0.2, 0.25) is 0 Å². The number of phenolic OH excluding ortho intramolecular Hbond substituents is 3. The van der Waals surface area contributed by atoms with Crippen molar-refractivity contribution in [3.05, 3.63) is 40.5 Å². The van der Waals surface area contributed by atoms with Crippen LogP contribution in [-0.2, 0) is 17.3 Å². The van der Waals surface area contributed by atoms with Gasteiger partial charge in [0.25, 0.3) is 0 Å². The van der Waals surface area contributed by atoms with Crippen molar-refractivity contribution in [2.24, 2.45) is 0 Å². The highest BCUT2D eigenvalue weighted by Gasteiger charge is 2.24. The predicted molar refractivity (Wildman–Crippen MR) is 112 cm³/mol. The predicted octanol–water partition coefficient (Wildman–Crippen LogP) is 4.98. The number of unbranched alkanes of at least 4 members (excludes halogenated alkanes) is 2. The second kappa shape index (κ2) is 10.3. The van der Waals surface area contributed by atoms with Crippen molar-refractivity contribution in [3.8, 4) is 28.7 Å². The molecule has 0 aliphatic carbocycles. The highest BCUT2D eigenvalue weighted by atomic mass is 28.3. The van der Waals surface area contributed by atoms with Crippen molar-refractivity contribution in [1.82, 2.24) is 0 Å². The summed E-state index contributed by atoms with van der Waals surface area (Å²) >= 11 is 0. The highest BCUT2D eigenvalue weighted by molar-refractivity contribution is 6.28. The summed E-state index contributed by atoms with van der Waals surface area (Å²) in [6, 6.07) is 4.73. The molecule has 6 nitrogen and oxygen atoms in total. The molecule has 0 radical (unpaired) electrons. The lowest BCUT2D eigenvalue weighted by molar-refractivity contribution is 0.328. The SMILES string of the molecule is CCCCc1c(O[Si](=O)Oc2c(O)cc(C)c(O)c2CCCC)ccc(C)c1O. The van der Waals surface area contributed by atoms with E-state index in [2.05, 4.69) is 0 Å². The molecule has 0 aromatic heterocycles. The zero-order chi connectivity index (χ0) is 21.6. The van der Waals surface area contributed by atoms with Crippen LogP contribution in [0.25, 0.3) is 0 Å². The van der Waals surface area contributed by atoms with Crippen LogP contribution in [0.5, 0.6) is 28.7 Å². The molecule has 3 N–H and O–H groups in total. The van der Waals surface area contributed by atoms with Crippen LogP contribution in [0.15, 0.2) is 18.2 Å². The van der Waals surface area contributed by atoms with Crippen LogP contribution >= 0.6 is 0 Å². The molecule has 0 bridgehead atoms. The van der Waals surface area contributed by atoms with Crippen molar-refractivity contribution < 1.29 is 28.6 Å². The Morgan fingerprint density at radius 3 is 2.07 bits per heavy atom. The van der Waals surface area contributed by atoms with Crippen LogP contribution in [0.3, 0.4) is 0 Å². The van der Waals surface area contributed by atoms with Crippen LogP contribution in [-0.4, -0.2) is 24.5 Å². The van der Waals surface area contributed by atoms with Gasteiger partial charge in [0.05, 0.1) is 0 Å². The lowest BCUT2D eigenvalue weighted by Crippen LogP contribution is -2.21. The fraction of sp³-hybridized carbons (Fsp3) is 0.455. The fourth-order valence-corrected chi connectivity index (χ4v) is 3.97. The number of benzene rings is 2. The second-order valence-corrected chi connectivity index (χ2v) is 8.15. The van der Waals surface area contributed by atoms with E-state index in [9.17, 15) is 19.8 Å². The number of rotatable bonds is 10. The molecule has 7 heteroatoms. The Hall–Kier alpha value is -2.54. The van der Waals surface area contributed by atoms with Gasteiger partial charge in [-0.15, -0.1) is 0 Å². The molecule has 0 aliphatic rings. The number of aromatic hydroxyl groups is 3. The molecular weight excluding hydrogens is 388 g/mol. The quantitative estimate of drug-likeness (QED) is 0.372. The number of phenols is 3. The lowest BCUT2D eigenvalue weighted by atomic mass is 10.0. The van der Waals surface area contributed by atoms with E-state index in [1.54, 1.807) is 26.0 Å². The summed E-state index contributed by atoms with van der Waals surface area (Å²) in [5.41, 5.74) is 2.25. The van der Waals surface area contributed by atoms with E-state index in [0.717, 1.165) is 25.7 Å². The second-order valence-electron chi connectivity index (χ2n) is 7.24. The van der Waals surface area contributed by atoms with Gasteiger partial charge in [0.15, 0.2) is 11.5 Å². The molecule has 0 amide bonds. The van der Waals surface area contributed by atoms with Gasteiger partial charge in [0.1, 0.15) is 17.2 Å². The van der Waals surface area contributed by atoms with E-state index in [1.807, 2.05) is 13.8 Å². The highest BCUT2D eigenvalue weighted by Crippen LogP contribution is 2.40. The van der Waals surface area contributed by atoms with Gasteiger partial charge < -0.3 is 24.2 Å². The van der Waals surface area contributed by atoms with E-state index >= 15 is 0 Å². The zero-order valence-corrected chi connectivity index (χ0v) is 18.5. The van der Waals surface area contributed by atoms with Gasteiger partial charge in [-0.05, 0) is 62.8 Å². The van der Waals surface area contributed by atoms with Gasteiger partial charge in [-0.1, -0.05) is 32.8 Å². The van der Waals surface area contributed by atoms with E-state index in [4.69, 9.17) is 8.85 Å². The van der Waals surface area contributed by atoms with Gasteiger partial charge >= 0.3 is 9.17 Å². The standard InChI is InChI=1S/C22H30O6Si/c1-5-7-9-16-19(12-11-14(3)20(16)24)27-29(26)28-22-17(10-8-6-2)21(25)15(4)13-18(22)23/h11-13,23-25H,5-10H2,1-4H3. The Labute approximate surface area is 173 Å². The van der Waals surface area contributed by atoms with Gasteiger partial charge in [-0.25, -0.2) is 0 Å². The van der Waals surface area contributed by atoms with Crippen molar-refractivity contribution >= 4 is 9.17 Å². The van der Waals surface area contributed by atoms with Gasteiger partial charge in [0, 0.05) is 11.1 Å². The zero-order valence-electron chi connectivity index (χ0n) is 17.5. The molecule has 0 fully saturated rings. The third kappa shape index (κ3) is 5.50. The number of hydrogen-bond acceptors (Lipinski definition) is 6. The van der Waals surface area contributed by atoms with Gasteiger partial charge in [-0.3, -0.25) is 4.46 Å². The third-order valence-electron chi connectivity index (χ3n) is 4.90. The Balaban J connectivity index is 2.30. The number of aryl methyl sites for hydroxylation is 2. The minimum atomic E-state index is -3.10.